The van der Waals surface area contributed by atoms with E-state index >= 15 is 0 Å². The molecule has 0 aliphatic carbocycles. The lowest BCUT2D eigenvalue weighted by Crippen LogP contribution is -2.41. The maximum Gasteiger partial charge on any atom is 0.222 e. The average molecular weight is 349 g/mol. The van der Waals surface area contributed by atoms with E-state index in [0.717, 1.165) is 51.3 Å². The Morgan fingerprint density at radius 3 is 2.65 bits per heavy atom. The average Bonchev–Trinajstić information content (AvgIpc) is 3.08. The molecule has 2 aliphatic heterocycles. The van der Waals surface area contributed by atoms with Crippen LogP contribution in [0.15, 0.2) is 48.7 Å². The van der Waals surface area contributed by atoms with Gasteiger partial charge in [-0.3, -0.25) is 14.7 Å². The van der Waals surface area contributed by atoms with Gasteiger partial charge in [0.25, 0.3) is 0 Å². The number of pyridine rings is 1. The van der Waals surface area contributed by atoms with Crippen molar-refractivity contribution in [1.82, 2.24) is 14.8 Å². The van der Waals surface area contributed by atoms with Gasteiger partial charge in [0.1, 0.15) is 0 Å². The van der Waals surface area contributed by atoms with Gasteiger partial charge in [-0.1, -0.05) is 30.3 Å². The molecule has 1 aromatic heterocycles. The molecule has 2 saturated heterocycles. The zero-order valence-electron chi connectivity index (χ0n) is 15.3. The van der Waals surface area contributed by atoms with Crippen LogP contribution in [0.4, 0.5) is 0 Å². The summed E-state index contributed by atoms with van der Waals surface area (Å²) in [6, 6.07) is 14.8. The van der Waals surface area contributed by atoms with Crippen molar-refractivity contribution in [3.05, 3.63) is 54.2 Å². The molecule has 26 heavy (non-hydrogen) atoms. The van der Waals surface area contributed by atoms with E-state index in [2.05, 4.69) is 39.0 Å². The Morgan fingerprint density at radius 2 is 1.92 bits per heavy atom. The minimum Gasteiger partial charge on any atom is -0.342 e. The summed E-state index contributed by atoms with van der Waals surface area (Å²) in [5.41, 5.74) is 3.54. The fraction of sp³-hybridized carbons (Fsp3) is 0.455. The van der Waals surface area contributed by atoms with Gasteiger partial charge in [0.05, 0.1) is 5.69 Å². The quantitative estimate of drug-likeness (QED) is 0.828. The van der Waals surface area contributed by atoms with Gasteiger partial charge in [0.15, 0.2) is 0 Å². The maximum absolute atomic E-state index is 11.9. The van der Waals surface area contributed by atoms with E-state index in [1.54, 1.807) is 0 Å². The molecule has 4 heteroatoms. The highest BCUT2D eigenvalue weighted by atomic mass is 16.2. The van der Waals surface area contributed by atoms with Crippen molar-refractivity contribution in [2.75, 3.05) is 26.2 Å². The molecule has 3 heterocycles. The first-order valence-corrected chi connectivity index (χ1v) is 9.78. The Balaban J connectivity index is 1.34. The van der Waals surface area contributed by atoms with Crippen LogP contribution < -0.4 is 0 Å². The summed E-state index contributed by atoms with van der Waals surface area (Å²) in [5, 5.41) is 0. The molecular weight excluding hydrogens is 322 g/mol. The standard InChI is InChI=1S/C22H27N3O/c26-22-7-4-14-25(22)17-19-5-3-13-24(16-19)15-18-8-10-20(11-9-18)21-6-1-2-12-23-21/h1-2,6,8-12,19H,3-5,7,13-17H2/t19-/m0/s1. The summed E-state index contributed by atoms with van der Waals surface area (Å²) < 4.78 is 0. The molecule has 136 valence electrons. The summed E-state index contributed by atoms with van der Waals surface area (Å²) in [7, 11) is 0. The lowest BCUT2D eigenvalue weighted by Gasteiger charge is -2.34. The molecule has 0 saturated carbocycles. The summed E-state index contributed by atoms with van der Waals surface area (Å²) in [6.45, 7) is 5.17. The van der Waals surface area contributed by atoms with Crippen LogP contribution >= 0.6 is 0 Å². The topological polar surface area (TPSA) is 36.4 Å². The molecule has 0 bridgehead atoms. The Bertz CT molecular complexity index is 729. The maximum atomic E-state index is 11.9. The molecule has 0 spiro atoms. The van der Waals surface area contributed by atoms with E-state index < -0.39 is 0 Å². The molecule has 0 radical (unpaired) electrons. The second kappa shape index (κ2) is 8.00. The fourth-order valence-electron chi connectivity index (χ4n) is 4.23. The van der Waals surface area contributed by atoms with E-state index in [4.69, 9.17) is 0 Å². The van der Waals surface area contributed by atoms with Crippen LogP contribution in [-0.4, -0.2) is 46.9 Å². The van der Waals surface area contributed by atoms with Gasteiger partial charge in [-0.05, 0) is 49.4 Å². The van der Waals surface area contributed by atoms with Crippen molar-refractivity contribution in [2.45, 2.75) is 32.2 Å². The normalized spacial score (nSPS) is 21.3. The Morgan fingerprint density at radius 1 is 1.04 bits per heavy atom. The number of hydrogen-bond acceptors (Lipinski definition) is 3. The summed E-state index contributed by atoms with van der Waals surface area (Å²) >= 11 is 0. The van der Waals surface area contributed by atoms with Crippen LogP contribution in [0.25, 0.3) is 11.3 Å². The molecule has 1 amide bonds. The molecule has 2 fully saturated rings. The summed E-state index contributed by atoms with van der Waals surface area (Å²) in [4.78, 5) is 20.9. The van der Waals surface area contributed by atoms with Crippen molar-refractivity contribution in [1.29, 1.82) is 0 Å². The minimum atomic E-state index is 0.354. The van der Waals surface area contributed by atoms with E-state index in [-0.39, 0.29) is 0 Å². The van der Waals surface area contributed by atoms with Gasteiger partial charge in [-0.2, -0.15) is 0 Å². The Hall–Kier alpha value is -2.20. The number of benzene rings is 1. The molecule has 4 nitrogen and oxygen atoms in total. The zero-order valence-corrected chi connectivity index (χ0v) is 15.3. The second-order valence-corrected chi connectivity index (χ2v) is 7.60. The smallest absolute Gasteiger partial charge is 0.222 e. The van der Waals surface area contributed by atoms with E-state index in [9.17, 15) is 4.79 Å². The van der Waals surface area contributed by atoms with Crippen molar-refractivity contribution in [3.63, 3.8) is 0 Å². The first kappa shape index (κ1) is 17.2. The van der Waals surface area contributed by atoms with Crippen molar-refractivity contribution in [3.8, 4) is 11.3 Å². The largest absolute Gasteiger partial charge is 0.342 e. The molecule has 2 aliphatic rings. The summed E-state index contributed by atoms with van der Waals surface area (Å²) in [5.74, 6) is 0.978. The number of piperidine rings is 1. The van der Waals surface area contributed by atoms with Crippen LogP contribution in [0.2, 0.25) is 0 Å². The highest BCUT2D eigenvalue weighted by Crippen LogP contribution is 2.23. The van der Waals surface area contributed by atoms with Gasteiger partial charge in [-0.25, -0.2) is 0 Å². The van der Waals surface area contributed by atoms with E-state index in [1.807, 2.05) is 24.4 Å². The Labute approximate surface area is 155 Å². The number of aromatic nitrogens is 1. The van der Waals surface area contributed by atoms with Gasteiger partial charge < -0.3 is 4.90 Å². The first-order valence-electron chi connectivity index (χ1n) is 9.78. The number of likely N-dealkylation sites (tertiary alicyclic amines) is 2. The Kier molecular flexibility index (Phi) is 5.30. The SMILES string of the molecule is O=C1CCCN1C[C@H]1CCCN(Cc2ccc(-c3ccccn3)cc2)C1. The highest BCUT2D eigenvalue weighted by Gasteiger charge is 2.26. The van der Waals surface area contributed by atoms with Crippen molar-refractivity contribution >= 4 is 5.91 Å². The second-order valence-electron chi connectivity index (χ2n) is 7.60. The molecule has 1 atom stereocenters. The van der Waals surface area contributed by atoms with Crippen molar-refractivity contribution < 1.29 is 4.79 Å². The van der Waals surface area contributed by atoms with Crippen LogP contribution in [0.1, 0.15) is 31.2 Å². The first-order chi connectivity index (χ1) is 12.8. The number of amides is 1. The van der Waals surface area contributed by atoms with E-state index in [1.165, 1.54) is 24.0 Å². The number of rotatable bonds is 5. The monoisotopic (exact) mass is 349 g/mol. The van der Waals surface area contributed by atoms with Crippen molar-refractivity contribution in [2.24, 2.45) is 5.92 Å². The van der Waals surface area contributed by atoms with Gasteiger partial charge >= 0.3 is 0 Å². The lowest BCUT2D eigenvalue weighted by molar-refractivity contribution is -0.128. The van der Waals surface area contributed by atoms with Crippen LogP contribution in [0.3, 0.4) is 0 Å². The predicted molar refractivity (Wildman–Crippen MR) is 103 cm³/mol. The lowest BCUT2D eigenvalue weighted by atomic mass is 9.97. The molecule has 1 aromatic carbocycles. The van der Waals surface area contributed by atoms with Crippen LogP contribution in [-0.2, 0) is 11.3 Å². The molecule has 4 rings (SSSR count). The zero-order chi connectivity index (χ0) is 17.8. The van der Waals surface area contributed by atoms with Gasteiger partial charge in [-0.15, -0.1) is 0 Å². The van der Waals surface area contributed by atoms with Gasteiger partial charge in [0.2, 0.25) is 5.91 Å². The third-order valence-corrected chi connectivity index (χ3v) is 5.57. The molecule has 0 unspecified atom stereocenters. The number of hydrogen-bond donors (Lipinski definition) is 0. The third-order valence-electron chi connectivity index (χ3n) is 5.57. The molecule has 0 N–H and O–H groups in total. The van der Waals surface area contributed by atoms with Gasteiger partial charge in [0, 0.05) is 44.4 Å². The molecular formula is C22H27N3O. The predicted octanol–water partition coefficient (Wildman–Crippen LogP) is 3.58. The minimum absolute atomic E-state index is 0.354. The summed E-state index contributed by atoms with van der Waals surface area (Å²) in [6.07, 6.45) is 6.11. The van der Waals surface area contributed by atoms with E-state index in [0.29, 0.717) is 11.8 Å². The number of carbonyl (C=O) groups is 1. The van der Waals surface area contributed by atoms with Crippen LogP contribution in [0, 0.1) is 5.92 Å². The number of nitrogens with zero attached hydrogens (tertiary/aromatic N) is 3. The molecule has 2 aromatic rings. The fourth-order valence-corrected chi connectivity index (χ4v) is 4.23. The highest BCUT2D eigenvalue weighted by molar-refractivity contribution is 5.78. The van der Waals surface area contributed by atoms with Crippen LogP contribution in [0.5, 0.6) is 0 Å². The number of carbonyl (C=O) groups excluding carboxylic acids is 1. The third kappa shape index (κ3) is 4.13.